The van der Waals surface area contributed by atoms with E-state index in [0.717, 1.165) is 17.7 Å². The molecular formula is C19H26N4O4. The summed E-state index contributed by atoms with van der Waals surface area (Å²) in [6.45, 7) is 4.98. The second kappa shape index (κ2) is 8.66. The number of nitrogens with one attached hydrogen (secondary N) is 3. The number of carbonyl (C=O) groups is 4. The Labute approximate surface area is 158 Å². The van der Waals surface area contributed by atoms with Crippen LogP contribution in [0.5, 0.6) is 0 Å². The zero-order chi connectivity index (χ0) is 20.0. The zero-order valence-corrected chi connectivity index (χ0v) is 15.9. The van der Waals surface area contributed by atoms with Gasteiger partial charge in [0.25, 0.3) is 5.91 Å². The standard InChI is InChI=1S/C19H26N4O4/c1-4-10-19(11-5-2)17(26)23(18(27)22-19)12-16(25)21-15-8-6-14(7-9-15)20-13(3)24/h6-9H,4-5,10-12H2,1-3H3,(H,20,24)(H,21,25)(H,22,27). The van der Waals surface area contributed by atoms with Crippen LogP contribution in [0, 0.1) is 0 Å². The molecule has 146 valence electrons. The van der Waals surface area contributed by atoms with E-state index in [0.29, 0.717) is 24.2 Å². The van der Waals surface area contributed by atoms with Gasteiger partial charge < -0.3 is 16.0 Å². The molecule has 0 radical (unpaired) electrons. The number of imide groups is 1. The monoisotopic (exact) mass is 374 g/mol. The molecule has 1 saturated heterocycles. The van der Waals surface area contributed by atoms with E-state index in [4.69, 9.17) is 0 Å². The molecule has 1 fully saturated rings. The molecule has 1 aromatic rings. The molecule has 27 heavy (non-hydrogen) atoms. The summed E-state index contributed by atoms with van der Waals surface area (Å²) < 4.78 is 0. The fraction of sp³-hybridized carbons (Fsp3) is 0.474. The highest BCUT2D eigenvalue weighted by Gasteiger charge is 2.50. The number of benzene rings is 1. The molecule has 1 aliphatic heterocycles. The van der Waals surface area contributed by atoms with Crippen LogP contribution in [0.15, 0.2) is 24.3 Å². The predicted octanol–water partition coefficient (Wildman–Crippen LogP) is 2.47. The van der Waals surface area contributed by atoms with Crippen molar-refractivity contribution in [3.63, 3.8) is 0 Å². The van der Waals surface area contributed by atoms with Crippen molar-refractivity contribution in [1.82, 2.24) is 10.2 Å². The molecule has 1 aliphatic rings. The molecular weight excluding hydrogens is 348 g/mol. The normalized spacial score (nSPS) is 15.4. The van der Waals surface area contributed by atoms with E-state index < -0.39 is 17.5 Å². The van der Waals surface area contributed by atoms with Crippen molar-refractivity contribution in [2.75, 3.05) is 17.2 Å². The van der Waals surface area contributed by atoms with E-state index in [1.807, 2.05) is 13.8 Å². The first-order valence-electron chi connectivity index (χ1n) is 9.13. The van der Waals surface area contributed by atoms with E-state index in [1.165, 1.54) is 6.92 Å². The summed E-state index contributed by atoms with van der Waals surface area (Å²) in [5.74, 6) is -0.991. The smallest absolute Gasteiger partial charge is 0.325 e. The Kier molecular flexibility index (Phi) is 6.55. The van der Waals surface area contributed by atoms with Gasteiger partial charge in [0.05, 0.1) is 0 Å². The Balaban J connectivity index is 2.01. The summed E-state index contributed by atoms with van der Waals surface area (Å²) >= 11 is 0. The Morgan fingerprint density at radius 2 is 1.52 bits per heavy atom. The van der Waals surface area contributed by atoms with E-state index in [-0.39, 0.29) is 18.4 Å². The number of nitrogens with zero attached hydrogens (tertiary/aromatic N) is 1. The highest BCUT2D eigenvalue weighted by Crippen LogP contribution is 2.28. The van der Waals surface area contributed by atoms with Gasteiger partial charge in [-0.2, -0.15) is 0 Å². The van der Waals surface area contributed by atoms with Gasteiger partial charge in [0, 0.05) is 18.3 Å². The van der Waals surface area contributed by atoms with Gasteiger partial charge in [0.1, 0.15) is 12.1 Å². The molecule has 8 nitrogen and oxygen atoms in total. The molecule has 0 unspecified atom stereocenters. The fourth-order valence-electron chi connectivity index (χ4n) is 3.32. The van der Waals surface area contributed by atoms with Crippen LogP contribution in [0.4, 0.5) is 16.2 Å². The van der Waals surface area contributed by atoms with Crippen LogP contribution in [0.2, 0.25) is 0 Å². The van der Waals surface area contributed by atoms with Gasteiger partial charge in [0.2, 0.25) is 11.8 Å². The van der Waals surface area contributed by atoms with Gasteiger partial charge in [-0.15, -0.1) is 0 Å². The lowest BCUT2D eigenvalue weighted by Crippen LogP contribution is -2.47. The molecule has 8 heteroatoms. The maximum atomic E-state index is 12.8. The van der Waals surface area contributed by atoms with Crippen LogP contribution in [0.25, 0.3) is 0 Å². The average Bonchev–Trinajstić information content (AvgIpc) is 2.81. The highest BCUT2D eigenvalue weighted by atomic mass is 16.2. The van der Waals surface area contributed by atoms with Gasteiger partial charge in [-0.3, -0.25) is 19.3 Å². The quantitative estimate of drug-likeness (QED) is 0.608. The lowest BCUT2D eigenvalue weighted by atomic mass is 9.88. The van der Waals surface area contributed by atoms with Gasteiger partial charge in [-0.1, -0.05) is 26.7 Å². The summed E-state index contributed by atoms with van der Waals surface area (Å²) in [5.41, 5.74) is 0.217. The first-order chi connectivity index (χ1) is 12.8. The molecule has 0 aromatic heterocycles. The summed E-state index contributed by atoms with van der Waals surface area (Å²) in [7, 11) is 0. The van der Waals surface area contributed by atoms with Crippen molar-refractivity contribution in [3.05, 3.63) is 24.3 Å². The molecule has 0 aliphatic carbocycles. The van der Waals surface area contributed by atoms with E-state index >= 15 is 0 Å². The Hall–Kier alpha value is -2.90. The van der Waals surface area contributed by atoms with Crippen molar-refractivity contribution >= 4 is 35.1 Å². The summed E-state index contributed by atoms with van der Waals surface area (Å²) in [4.78, 5) is 49.3. The zero-order valence-electron chi connectivity index (χ0n) is 15.9. The van der Waals surface area contributed by atoms with E-state index in [1.54, 1.807) is 24.3 Å². The summed E-state index contributed by atoms with van der Waals surface area (Å²) in [6.07, 6.45) is 2.61. The van der Waals surface area contributed by atoms with Crippen LogP contribution in [-0.2, 0) is 14.4 Å². The number of anilines is 2. The number of hydrogen-bond acceptors (Lipinski definition) is 4. The number of hydrogen-bond donors (Lipinski definition) is 3. The minimum absolute atomic E-state index is 0.187. The molecule has 0 saturated carbocycles. The van der Waals surface area contributed by atoms with E-state index in [2.05, 4.69) is 16.0 Å². The number of amides is 5. The summed E-state index contributed by atoms with van der Waals surface area (Å²) in [5, 5.41) is 8.07. The van der Waals surface area contributed by atoms with Crippen LogP contribution in [0.1, 0.15) is 46.5 Å². The van der Waals surface area contributed by atoms with Gasteiger partial charge >= 0.3 is 6.03 Å². The molecule has 5 amide bonds. The third-order valence-electron chi connectivity index (χ3n) is 4.39. The lowest BCUT2D eigenvalue weighted by Gasteiger charge is -2.25. The third kappa shape index (κ3) is 4.84. The maximum absolute atomic E-state index is 12.8. The average molecular weight is 374 g/mol. The van der Waals surface area contributed by atoms with E-state index in [9.17, 15) is 19.2 Å². The fourth-order valence-corrected chi connectivity index (χ4v) is 3.32. The number of urea groups is 1. The predicted molar refractivity (Wildman–Crippen MR) is 102 cm³/mol. The molecule has 3 N–H and O–H groups in total. The number of carbonyl (C=O) groups excluding carboxylic acids is 4. The third-order valence-corrected chi connectivity index (χ3v) is 4.39. The molecule has 0 atom stereocenters. The van der Waals surface area contributed by atoms with Crippen molar-refractivity contribution in [1.29, 1.82) is 0 Å². The van der Waals surface area contributed by atoms with Crippen LogP contribution in [-0.4, -0.2) is 40.7 Å². The Morgan fingerprint density at radius 1 is 1.00 bits per heavy atom. The van der Waals surface area contributed by atoms with Crippen molar-refractivity contribution in [2.24, 2.45) is 0 Å². The Morgan fingerprint density at radius 3 is 2.00 bits per heavy atom. The SMILES string of the molecule is CCCC1(CCC)NC(=O)N(CC(=O)Nc2ccc(NC(C)=O)cc2)C1=O. The van der Waals surface area contributed by atoms with Crippen molar-refractivity contribution < 1.29 is 19.2 Å². The van der Waals surface area contributed by atoms with Crippen LogP contribution >= 0.6 is 0 Å². The van der Waals surface area contributed by atoms with Gasteiger partial charge in [0.15, 0.2) is 0 Å². The maximum Gasteiger partial charge on any atom is 0.325 e. The van der Waals surface area contributed by atoms with Crippen LogP contribution in [0.3, 0.4) is 0 Å². The lowest BCUT2D eigenvalue weighted by molar-refractivity contribution is -0.134. The molecule has 2 rings (SSSR count). The minimum atomic E-state index is -0.902. The second-order valence-electron chi connectivity index (χ2n) is 6.71. The molecule has 0 spiro atoms. The van der Waals surface area contributed by atoms with Crippen molar-refractivity contribution in [2.45, 2.75) is 52.0 Å². The summed E-state index contributed by atoms with van der Waals surface area (Å²) in [6, 6.07) is 6.04. The molecule has 1 aromatic carbocycles. The van der Waals surface area contributed by atoms with Gasteiger partial charge in [-0.05, 0) is 37.1 Å². The largest absolute Gasteiger partial charge is 0.326 e. The topological polar surface area (TPSA) is 108 Å². The minimum Gasteiger partial charge on any atom is -0.326 e. The number of rotatable bonds is 8. The second-order valence-corrected chi connectivity index (χ2v) is 6.71. The highest BCUT2D eigenvalue weighted by molar-refractivity contribution is 6.10. The van der Waals surface area contributed by atoms with Crippen molar-refractivity contribution in [3.8, 4) is 0 Å². The molecule has 0 bridgehead atoms. The first-order valence-corrected chi connectivity index (χ1v) is 9.13. The first kappa shape index (κ1) is 20.4. The Bertz CT molecular complexity index is 724. The molecule has 1 heterocycles. The van der Waals surface area contributed by atoms with Gasteiger partial charge in [-0.25, -0.2) is 4.79 Å². The van der Waals surface area contributed by atoms with Crippen LogP contribution < -0.4 is 16.0 Å².